The Morgan fingerprint density at radius 2 is 1.88 bits per heavy atom. The van der Waals surface area contributed by atoms with Crippen LogP contribution in [0.15, 0.2) is 18.2 Å². The first-order chi connectivity index (χ1) is 7.96. The quantitative estimate of drug-likeness (QED) is 0.795. The number of nitrogens with one attached hydrogen (secondary N) is 1. The molecule has 1 N–H and O–H groups in total. The lowest BCUT2D eigenvalue weighted by Crippen LogP contribution is -2.30. The fourth-order valence-corrected chi connectivity index (χ4v) is 2.50. The molecule has 1 aliphatic rings. The zero-order chi connectivity index (χ0) is 12.5. The van der Waals surface area contributed by atoms with E-state index in [1.807, 2.05) is 19.1 Å². The number of hydrogen-bond acceptors (Lipinski definition) is 1. The second-order valence-corrected chi connectivity index (χ2v) is 6.07. The predicted molar refractivity (Wildman–Crippen MR) is 70.8 cm³/mol. The zero-order valence-electron chi connectivity index (χ0n) is 11.0. The summed E-state index contributed by atoms with van der Waals surface area (Å²) in [4.78, 5) is 0. The van der Waals surface area contributed by atoms with Crippen molar-refractivity contribution in [3.8, 4) is 0 Å². The van der Waals surface area contributed by atoms with E-state index in [0.717, 1.165) is 18.4 Å². The highest BCUT2D eigenvalue weighted by Crippen LogP contribution is 2.36. The molecule has 0 amide bonds. The van der Waals surface area contributed by atoms with Crippen LogP contribution in [0, 0.1) is 18.2 Å². The molecule has 1 nitrogen and oxygen atoms in total. The number of aryl methyl sites for hydroxylation is 1. The van der Waals surface area contributed by atoms with Gasteiger partial charge in [-0.05, 0) is 55.7 Å². The van der Waals surface area contributed by atoms with Gasteiger partial charge < -0.3 is 5.32 Å². The van der Waals surface area contributed by atoms with E-state index in [4.69, 9.17) is 0 Å². The Balaban J connectivity index is 1.98. The average Bonchev–Trinajstić information content (AvgIpc) is 2.25. The molecule has 2 heteroatoms. The number of anilines is 1. The van der Waals surface area contributed by atoms with Gasteiger partial charge in [0, 0.05) is 6.04 Å². The molecule has 0 saturated heterocycles. The van der Waals surface area contributed by atoms with Crippen LogP contribution in [0.1, 0.15) is 45.1 Å². The summed E-state index contributed by atoms with van der Waals surface area (Å²) in [6, 6.07) is 5.83. The summed E-state index contributed by atoms with van der Waals surface area (Å²) in [5.74, 6) is -0.130. The first-order valence-electron chi connectivity index (χ1n) is 6.49. The van der Waals surface area contributed by atoms with Gasteiger partial charge in [0.2, 0.25) is 0 Å². The molecule has 2 rings (SSSR count). The summed E-state index contributed by atoms with van der Waals surface area (Å²) in [7, 11) is 0. The van der Waals surface area contributed by atoms with Crippen LogP contribution in [-0.2, 0) is 0 Å². The molecule has 0 aromatic heterocycles. The van der Waals surface area contributed by atoms with Crippen molar-refractivity contribution in [3.63, 3.8) is 0 Å². The largest absolute Gasteiger partial charge is 0.380 e. The highest BCUT2D eigenvalue weighted by atomic mass is 19.1. The Hall–Kier alpha value is -1.05. The summed E-state index contributed by atoms with van der Waals surface area (Å²) in [6.07, 6.45) is 4.72. The van der Waals surface area contributed by atoms with Gasteiger partial charge >= 0.3 is 0 Å². The van der Waals surface area contributed by atoms with Gasteiger partial charge in [-0.15, -0.1) is 0 Å². The topological polar surface area (TPSA) is 12.0 Å². The van der Waals surface area contributed by atoms with Crippen molar-refractivity contribution in [2.24, 2.45) is 5.41 Å². The molecule has 0 heterocycles. The lowest BCUT2D eigenvalue weighted by Gasteiger charge is -2.35. The normalized spacial score (nSPS) is 20.2. The van der Waals surface area contributed by atoms with Gasteiger partial charge in [-0.25, -0.2) is 4.39 Å². The van der Waals surface area contributed by atoms with E-state index in [0.29, 0.717) is 17.1 Å². The van der Waals surface area contributed by atoms with Crippen LogP contribution >= 0.6 is 0 Å². The number of halogens is 1. The van der Waals surface area contributed by atoms with Crippen molar-refractivity contribution < 1.29 is 4.39 Å². The molecule has 1 saturated carbocycles. The maximum Gasteiger partial charge on any atom is 0.146 e. The molecule has 1 aromatic carbocycles. The second-order valence-electron chi connectivity index (χ2n) is 6.07. The van der Waals surface area contributed by atoms with Gasteiger partial charge in [-0.2, -0.15) is 0 Å². The zero-order valence-corrected chi connectivity index (χ0v) is 11.0. The maximum absolute atomic E-state index is 13.7. The molecule has 1 aromatic rings. The second kappa shape index (κ2) is 4.67. The Labute approximate surface area is 103 Å². The smallest absolute Gasteiger partial charge is 0.146 e. The Morgan fingerprint density at radius 3 is 2.47 bits per heavy atom. The minimum absolute atomic E-state index is 0.130. The van der Waals surface area contributed by atoms with Crippen LogP contribution in [0.5, 0.6) is 0 Å². The van der Waals surface area contributed by atoms with Crippen molar-refractivity contribution in [3.05, 3.63) is 29.6 Å². The van der Waals surface area contributed by atoms with Gasteiger partial charge in [0.15, 0.2) is 0 Å². The average molecular weight is 235 g/mol. The summed E-state index contributed by atoms with van der Waals surface area (Å²) >= 11 is 0. The lowest BCUT2D eigenvalue weighted by molar-refractivity contribution is 0.232. The Morgan fingerprint density at radius 1 is 1.24 bits per heavy atom. The summed E-state index contributed by atoms with van der Waals surface area (Å²) in [5.41, 5.74) is 2.09. The molecule has 0 atom stereocenters. The molecule has 1 aliphatic carbocycles. The monoisotopic (exact) mass is 235 g/mol. The molecule has 0 aliphatic heterocycles. The van der Waals surface area contributed by atoms with Gasteiger partial charge in [-0.3, -0.25) is 0 Å². The van der Waals surface area contributed by atoms with Crippen LogP contribution in [-0.4, -0.2) is 6.04 Å². The molecular formula is C15H22FN. The van der Waals surface area contributed by atoms with Crippen molar-refractivity contribution in [1.29, 1.82) is 0 Å². The van der Waals surface area contributed by atoms with Crippen LogP contribution in [0.2, 0.25) is 0 Å². The van der Waals surface area contributed by atoms with Crippen LogP contribution in [0.4, 0.5) is 10.1 Å². The van der Waals surface area contributed by atoms with E-state index in [9.17, 15) is 4.39 Å². The van der Waals surface area contributed by atoms with Crippen molar-refractivity contribution >= 4 is 5.69 Å². The summed E-state index contributed by atoms with van der Waals surface area (Å²) in [5, 5.41) is 3.34. The van der Waals surface area contributed by atoms with Crippen LogP contribution < -0.4 is 5.32 Å². The molecule has 0 spiro atoms. The highest BCUT2D eigenvalue weighted by molar-refractivity contribution is 5.47. The van der Waals surface area contributed by atoms with Gasteiger partial charge in [-0.1, -0.05) is 19.9 Å². The van der Waals surface area contributed by atoms with E-state index in [1.54, 1.807) is 6.07 Å². The molecule has 0 radical (unpaired) electrons. The number of hydrogen-bond donors (Lipinski definition) is 1. The SMILES string of the molecule is Cc1ccc(NC2CCC(C)(C)CC2)c(F)c1. The fraction of sp³-hybridized carbons (Fsp3) is 0.600. The molecule has 0 bridgehead atoms. The molecule has 1 fully saturated rings. The van der Waals surface area contributed by atoms with Crippen molar-refractivity contribution in [2.75, 3.05) is 5.32 Å². The Bertz CT molecular complexity index is 388. The van der Waals surface area contributed by atoms with Crippen LogP contribution in [0.25, 0.3) is 0 Å². The maximum atomic E-state index is 13.7. The van der Waals surface area contributed by atoms with E-state index in [1.165, 1.54) is 12.8 Å². The summed E-state index contributed by atoms with van der Waals surface area (Å²) < 4.78 is 13.7. The summed E-state index contributed by atoms with van der Waals surface area (Å²) in [6.45, 7) is 6.54. The van der Waals surface area contributed by atoms with Gasteiger partial charge in [0.1, 0.15) is 5.82 Å². The van der Waals surface area contributed by atoms with E-state index in [-0.39, 0.29) is 5.82 Å². The standard InChI is InChI=1S/C15H22FN/c1-11-4-5-14(13(16)10-11)17-12-6-8-15(2,3)9-7-12/h4-5,10,12,17H,6-9H2,1-3H3. The van der Waals surface area contributed by atoms with E-state index in [2.05, 4.69) is 19.2 Å². The lowest BCUT2D eigenvalue weighted by atomic mass is 9.75. The minimum Gasteiger partial charge on any atom is -0.380 e. The predicted octanol–water partition coefficient (Wildman–Crippen LogP) is 4.51. The van der Waals surface area contributed by atoms with E-state index >= 15 is 0 Å². The third-order valence-corrected chi connectivity index (χ3v) is 3.82. The van der Waals surface area contributed by atoms with Crippen molar-refractivity contribution in [2.45, 2.75) is 52.5 Å². The Kier molecular flexibility index (Phi) is 3.41. The first-order valence-corrected chi connectivity index (χ1v) is 6.49. The number of benzene rings is 1. The third-order valence-electron chi connectivity index (χ3n) is 3.82. The van der Waals surface area contributed by atoms with Crippen LogP contribution in [0.3, 0.4) is 0 Å². The molecular weight excluding hydrogens is 213 g/mol. The molecule has 17 heavy (non-hydrogen) atoms. The van der Waals surface area contributed by atoms with E-state index < -0.39 is 0 Å². The highest BCUT2D eigenvalue weighted by Gasteiger charge is 2.26. The van der Waals surface area contributed by atoms with Gasteiger partial charge in [0.05, 0.1) is 5.69 Å². The number of rotatable bonds is 2. The molecule has 0 unspecified atom stereocenters. The molecule has 94 valence electrons. The minimum atomic E-state index is -0.130. The van der Waals surface area contributed by atoms with Gasteiger partial charge in [0.25, 0.3) is 0 Å². The fourth-order valence-electron chi connectivity index (χ4n) is 2.50. The third kappa shape index (κ3) is 3.21. The van der Waals surface area contributed by atoms with Crippen molar-refractivity contribution in [1.82, 2.24) is 0 Å². The first kappa shape index (κ1) is 12.4.